The quantitative estimate of drug-likeness (QED) is 0.773. The van der Waals surface area contributed by atoms with E-state index in [1.165, 1.54) is 0 Å². The van der Waals surface area contributed by atoms with Crippen LogP contribution in [0.2, 0.25) is 0 Å². The van der Waals surface area contributed by atoms with Crippen LogP contribution < -0.4 is 5.32 Å². The van der Waals surface area contributed by atoms with Gasteiger partial charge in [0.2, 0.25) is 5.91 Å². The van der Waals surface area contributed by atoms with Crippen molar-refractivity contribution < 1.29 is 9.90 Å². The SMILES string of the molecule is CC(C)C1(O)CN(C(=O)CCNC(C)(C)C)C1. The molecule has 0 aliphatic carbocycles. The van der Waals surface area contributed by atoms with Crippen LogP contribution in [0.4, 0.5) is 0 Å². The van der Waals surface area contributed by atoms with Crippen LogP contribution in [0.15, 0.2) is 0 Å². The van der Waals surface area contributed by atoms with Gasteiger partial charge in [-0.1, -0.05) is 13.8 Å². The van der Waals surface area contributed by atoms with Crippen LogP contribution in [0.3, 0.4) is 0 Å². The smallest absolute Gasteiger partial charge is 0.224 e. The topological polar surface area (TPSA) is 52.6 Å². The van der Waals surface area contributed by atoms with Crippen LogP contribution in [0.5, 0.6) is 0 Å². The summed E-state index contributed by atoms with van der Waals surface area (Å²) in [5, 5.41) is 13.3. The normalized spacial score (nSPS) is 19.4. The molecule has 1 saturated heterocycles. The Balaban J connectivity index is 2.24. The van der Waals surface area contributed by atoms with Gasteiger partial charge in [-0.2, -0.15) is 0 Å². The van der Waals surface area contributed by atoms with Gasteiger partial charge >= 0.3 is 0 Å². The van der Waals surface area contributed by atoms with Gasteiger partial charge in [0.05, 0.1) is 13.1 Å². The molecule has 0 aromatic heterocycles. The van der Waals surface area contributed by atoms with E-state index in [2.05, 4.69) is 26.1 Å². The highest BCUT2D eigenvalue weighted by molar-refractivity contribution is 5.77. The van der Waals surface area contributed by atoms with Gasteiger partial charge in [-0.3, -0.25) is 4.79 Å². The molecule has 1 aliphatic rings. The van der Waals surface area contributed by atoms with E-state index in [1.54, 1.807) is 4.90 Å². The maximum atomic E-state index is 11.8. The predicted octanol–water partition coefficient (Wildman–Crippen LogP) is 0.994. The van der Waals surface area contributed by atoms with Crippen molar-refractivity contribution >= 4 is 5.91 Å². The van der Waals surface area contributed by atoms with E-state index in [1.807, 2.05) is 13.8 Å². The second-order valence-corrected chi connectivity index (χ2v) is 6.43. The third-order valence-corrected chi connectivity index (χ3v) is 3.35. The van der Waals surface area contributed by atoms with Gasteiger partial charge in [-0.05, 0) is 26.7 Å². The Bertz CT molecular complexity index is 276. The van der Waals surface area contributed by atoms with Crippen molar-refractivity contribution in [2.24, 2.45) is 5.92 Å². The Morgan fingerprint density at radius 2 is 1.94 bits per heavy atom. The van der Waals surface area contributed by atoms with Crippen LogP contribution >= 0.6 is 0 Å². The number of nitrogens with zero attached hydrogens (tertiary/aromatic N) is 1. The van der Waals surface area contributed by atoms with Gasteiger partial charge in [0.15, 0.2) is 0 Å². The number of β-amino-alcohol motifs (C(OH)–C–C–N with tert-alkyl or cyclic N) is 1. The van der Waals surface area contributed by atoms with Crippen LogP contribution in [0.25, 0.3) is 0 Å². The average molecular weight is 242 g/mol. The van der Waals surface area contributed by atoms with Gasteiger partial charge in [0.25, 0.3) is 0 Å². The summed E-state index contributed by atoms with van der Waals surface area (Å²) >= 11 is 0. The first-order valence-corrected chi connectivity index (χ1v) is 6.39. The molecule has 1 aliphatic heterocycles. The Morgan fingerprint density at radius 1 is 1.41 bits per heavy atom. The molecule has 1 heterocycles. The van der Waals surface area contributed by atoms with Crippen molar-refractivity contribution in [3.05, 3.63) is 0 Å². The molecule has 0 bridgehead atoms. The minimum Gasteiger partial charge on any atom is -0.386 e. The summed E-state index contributed by atoms with van der Waals surface area (Å²) in [4.78, 5) is 13.5. The highest BCUT2D eigenvalue weighted by Crippen LogP contribution is 2.28. The Kier molecular flexibility index (Phi) is 4.20. The minimum atomic E-state index is -0.660. The molecule has 0 radical (unpaired) electrons. The molecule has 4 heteroatoms. The number of carbonyl (C=O) groups excluding carboxylic acids is 1. The number of aliphatic hydroxyl groups is 1. The van der Waals surface area contributed by atoms with Crippen molar-refractivity contribution in [1.29, 1.82) is 0 Å². The second kappa shape index (κ2) is 4.94. The van der Waals surface area contributed by atoms with Crippen LogP contribution in [0, 0.1) is 5.92 Å². The summed E-state index contributed by atoms with van der Waals surface area (Å²) < 4.78 is 0. The summed E-state index contributed by atoms with van der Waals surface area (Å²) in [5.74, 6) is 0.339. The zero-order valence-corrected chi connectivity index (χ0v) is 11.7. The van der Waals surface area contributed by atoms with Gasteiger partial charge in [-0.15, -0.1) is 0 Å². The first-order valence-electron chi connectivity index (χ1n) is 6.39. The predicted molar refractivity (Wildman–Crippen MR) is 68.7 cm³/mol. The third-order valence-electron chi connectivity index (χ3n) is 3.35. The number of amides is 1. The number of nitrogens with one attached hydrogen (secondary N) is 1. The van der Waals surface area contributed by atoms with E-state index in [0.717, 1.165) is 0 Å². The van der Waals surface area contributed by atoms with Gasteiger partial charge < -0.3 is 15.3 Å². The number of likely N-dealkylation sites (tertiary alicyclic amines) is 1. The lowest BCUT2D eigenvalue weighted by Gasteiger charge is -2.49. The maximum absolute atomic E-state index is 11.8. The fourth-order valence-corrected chi connectivity index (χ4v) is 1.86. The average Bonchev–Trinajstić information content (AvgIpc) is 2.10. The molecule has 0 spiro atoms. The fraction of sp³-hybridized carbons (Fsp3) is 0.923. The van der Waals surface area contributed by atoms with E-state index in [4.69, 9.17) is 0 Å². The van der Waals surface area contributed by atoms with Gasteiger partial charge in [0, 0.05) is 18.5 Å². The molecule has 0 aromatic rings. The molecular weight excluding hydrogens is 216 g/mol. The molecular formula is C13H26N2O2. The fourth-order valence-electron chi connectivity index (χ4n) is 1.86. The third kappa shape index (κ3) is 3.96. The largest absolute Gasteiger partial charge is 0.386 e. The highest BCUT2D eigenvalue weighted by atomic mass is 16.3. The molecule has 1 amide bonds. The summed E-state index contributed by atoms with van der Waals surface area (Å²) in [6.45, 7) is 11.9. The van der Waals surface area contributed by atoms with Crippen molar-refractivity contribution in [1.82, 2.24) is 10.2 Å². The summed E-state index contributed by atoms with van der Waals surface area (Å²) in [6, 6.07) is 0. The van der Waals surface area contributed by atoms with E-state index < -0.39 is 5.60 Å². The number of rotatable bonds is 4. The lowest BCUT2D eigenvalue weighted by Crippen LogP contribution is -2.66. The summed E-state index contributed by atoms with van der Waals surface area (Å²) in [7, 11) is 0. The first kappa shape index (κ1) is 14.5. The number of carbonyl (C=O) groups is 1. The van der Waals surface area contributed by atoms with Gasteiger partial charge in [-0.25, -0.2) is 0 Å². The summed E-state index contributed by atoms with van der Waals surface area (Å²) in [5.41, 5.74) is -0.610. The zero-order chi connectivity index (χ0) is 13.3. The van der Waals surface area contributed by atoms with Crippen molar-refractivity contribution in [3.8, 4) is 0 Å². The molecule has 100 valence electrons. The zero-order valence-electron chi connectivity index (χ0n) is 11.7. The Morgan fingerprint density at radius 3 is 2.35 bits per heavy atom. The lowest BCUT2D eigenvalue weighted by atomic mass is 9.83. The second-order valence-electron chi connectivity index (χ2n) is 6.43. The molecule has 4 nitrogen and oxygen atoms in total. The first-order chi connectivity index (χ1) is 7.64. The van der Waals surface area contributed by atoms with Crippen LogP contribution in [-0.4, -0.2) is 46.7 Å². The molecule has 1 fully saturated rings. The monoisotopic (exact) mass is 242 g/mol. The van der Waals surface area contributed by atoms with Gasteiger partial charge in [0.1, 0.15) is 5.60 Å². The van der Waals surface area contributed by atoms with E-state index in [9.17, 15) is 9.90 Å². The van der Waals surface area contributed by atoms with E-state index in [0.29, 0.717) is 26.1 Å². The molecule has 0 aromatic carbocycles. The molecule has 0 unspecified atom stereocenters. The maximum Gasteiger partial charge on any atom is 0.224 e. The molecule has 1 rings (SSSR count). The van der Waals surface area contributed by atoms with Crippen LogP contribution in [-0.2, 0) is 4.79 Å². The minimum absolute atomic E-state index is 0.0495. The molecule has 17 heavy (non-hydrogen) atoms. The van der Waals surface area contributed by atoms with E-state index in [-0.39, 0.29) is 17.4 Å². The van der Waals surface area contributed by atoms with Crippen molar-refractivity contribution in [2.45, 2.75) is 52.2 Å². The van der Waals surface area contributed by atoms with Crippen molar-refractivity contribution in [3.63, 3.8) is 0 Å². The Hall–Kier alpha value is -0.610. The number of hydrogen-bond donors (Lipinski definition) is 2. The number of hydrogen-bond acceptors (Lipinski definition) is 3. The van der Waals surface area contributed by atoms with E-state index >= 15 is 0 Å². The lowest BCUT2D eigenvalue weighted by molar-refractivity contribution is -0.163. The molecule has 2 N–H and O–H groups in total. The summed E-state index contributed by atoms with van der Waals surface area (Å²) in [6.07, 6.45) is 0.505. The standard InChI is InChI=1S/C13H26N2O2/c1-10(2)13(17)8-15(9-13)11(16)6-7-14-12(3,4)5/h10,14,17H,6-9H2,1-5H3. The molecule has 0 saturated carbocycles. The highest BCUT2D eigenvalue weighted by Gasteiger charge is 2.45. The van der Waals surface area contributed by atoms with Crippen molar-refractivity contribution in [2.75, 3.05) is 19.6 Å². The Labute approximate surface area is 104 Å². The van der Waals surface area contributed by atoms with Crippen LogP contribution in [0.1, 0.15) is 41.0 Å². The molecule has 0 atom stereocenters.